The predicted molar refractivity (Wildman–Crippen MR) is 48.7 cm³/mol. The van der Waals surface area contributed by atoms with Gasteiger partial charge in [0.1, 0.15) is 6.07 Å². The number of rotatable bonds is 3. The van der Waals surface area contributed by atoms with E-state index in [2.05, 4.69) is 9.72 Å². The lowest BCUT2D eigenvalue weighted by Gasteiger charge is -2.12. The minimum Gasteiger partial charge on any atom is -0.493 e. The van der Waals surface area contributed by atoms with Gasteiger partial charge in [0, 0.05) is 6.07 Å². The van der Waals surface area contributed by atoms with Gasteiger partial charge < -0.3 is 14.2 Å². The van der Waals surface area contributed by atoms with E-state index in [0.29, 0.717) is 0 Å². The summed E-state index contributed by atoms with van der Waals surface area (Å²) in [6.07, 6.45) is -4.89. The molecule has 0 saturated heterocycles. The number of pyridine rings is 1. The van der Waals surface area contributed by atoms with Crippen LogP contribution in [0.3, 0.4) is 0 Å². The number of hydrogen-bond donors (Lipinski definition) is 0. The van der Waals surface area contributed by atoms with Crippen LogP contribution >= 0.6 is 0 Å². The molecule has 0 aliphatic rings. The second-order valence-corrected chi connectivity index (χ2v) is 2.70. The number of halogens is 3. The third-order valence-corrected chi connectivity index (χ3v) is 1.67. The number of hydrogen-bond acceptors (Lipinski definition) is 5. The third-order valence-electron chi connectivity index (χ3n) is 1.67. The van der Waals surface area contributed by atoms with E-state index in [-0.39, 0.29) is 17.2 Å². The summed E-state index contributed by atoms with van der Waals surface area (Å²) in [7, 11) is 2.46. The summed E-state index contributed by atoms with van der Waals surface area (Å²) in [5, 5.41) is 8.71. The first-order chi connectivity index (χ1) is 7.91. The first-order valence-electron chi connectivity index (χ1n) is 4.20. The molecule has 1 heterocycles. The van der Waals surface area contributed by atoms with Gasteiger partial charge in [-0.2, -0.15) is 10.2 Å². The highest BCUT2D eigenvalue weighted by Gasteiger charge is 2.32. The van der Waals surface area contributed by atoms with Gasteiger partial charge in [-0.05, 0) is 0 Å². The molecule has 0 aromatic carbocycles. The van der Waals surface area contributed by atoms with Crippen LogP contribution in [-0.2, 0) is 0 Å². The molecule has 8 heteroatoms. The van der Waals surface area contributed by atoms with E-state index in [0.717, 1.165) is 6.07 Å². The number of ether oxygens (including phenoxy) is 3. The molecule has 0 spiro atoms. The van der Waals surface area contributed by atoms with Crippen LogP contribution in [0.1, 0.15) is 5.69 Å². The van der Waals surface area contributed by atoms with E-state index in [4.69, 9.17) is 14.7 Å². The fraction of sp³-hybridized carbons (Fsp3) is 0.333. The zero-order valence-corrected chi connectivity index (χ0v) is 8.83. The number of nitrogens with zero attached hydrogens (tertiary/aromatic N) is 2. The molecule has 1 rings (SSSR count). The molecule has 0 saturated carbocycles. The molecule has 0 amide bonds. The van der Waals surface area contributed by atoms with E-state index in [1.165, 1.54) is 14.2 Å². The van der Waals surface area contributed by atoms with Crippen molar-refractivity contribution in [2.45, 2.75) is 6.36 Å². The Bertz CT molecular complexity index is 454. The third kappa shape index (κ3) is 3.14. The molecule has 0 aliphatic carbocycles. The Hall–Kier alpha value is -2.17. The van der Waals surface area contributed by atoms with Crippen LogP contribution < -0.4 is 14.2 Å². The zero-order chi connectivity index (χ0) is 13.1. The summed E-state index contributed by atoms with van der Waals surface area (Å²) in [5.41, 5.74) is -0.355. The van der Waals surface area contributed by atoms with Crippen LogP contribution in [0.15, 0.2) is 6.07 Å². The number of alkyl halides is 3. The van der Waals surface area contributed by atoms with E-state index < -0.39 is 12.2 Å². The van der Waals surface area contributed by atoms with Crippen molar-refractivity contribution in [3.8, 4) is 23.4 Å². The van der Waals surface area contributed by atoms with Crippen molar-refractivity contribution >= 4 is 0 Å². The number of nitriles is 1. The minimum absolute atomic E-state index is 0.0514. The van der Waals surface area contributed by atoms with Gasteiger partial charge in [0.05, 0.1) is 14.2 Å². The second kappa shape index (κ2) is 4.78. The summed E-state index contributed by atoms with van der Waals surface area (Å²) >= 11 is 0. The maximum Gasteiger partial charge on any atom is 0.574 e. The average Bonchev–Trinajstić information content (AvgIpc) is 2.25. The lowest BCUT2D eigenvalue weighted by atomic mass is 10.3. The van der Waals surface area contributed by atoms with Gasteiger partial charge in [-0.1, -0.05) is 0 Å². The Balaban J connectivity index is 3.24. The van der Waals surface area contributed by atoms with Gasteiger partial charge in [-0.25, -0.2) is 0 Å². The van der Waals surface area contributed by atoms with Gasteiger partial charge in [0.25, 0.3) is 0 Å². The summed E-state index contributed by atoms with van der Waals surface area (Å²) in [4.78, 5) is 3.35. The van der Waals surface area contributed by atoms with Crippen LogP contribution in [-0.4, -0.2) is 25.6 Å². The molecule has 0 atom stereocenters. The van der Waals surface area contributed by atoms with Crippen molar-refractivity contribution in [1.82, 2.24) is 4.98 Å². The SMILES string of the molecule is COc1cc(OC(F)(F)F)nc(C#N)c1OC. The number of aromatic nitrogens is 1. The lowest BCUT2D eigenvalue weighted by Crippen LogP contribution is -2.18. The molecule has 1 aromatic heterocycles. The smallest absolute Gasteiger partial charge is 0.493 e. The van der Waals surface area contributed by atoms with Gasteiger partial charge in [-0.3, -0.25) is 0 Å². The lowest BCUT2D eigenvalue weighted by molar-refractivity contribution is -0.276. The Morgan fingerprint density at radius 2 is 1.94 bits per heavy atom. The van der Waals surface area contributed by atoms with Crippen LogP contribution in [0.2, 0.25) is 0 Å². The average molecular weight is 248 g/mol. The zero-order valence-electron chi connectivity index (χ0n) is 8.83. The summed E-state index contributed by atoms with van der Waals surface area (Å²) in [5.74, 6) is -0.908. The molecule has 17 heavy (non-hydrogen) atoms. The largest absolute Gasteiger partial charge is 0.574 e. The van der Waals surface area contributed by atoms with Crippen molar-refractivity contribution in [3.63, 3.8) is 0 Å². The van der Waals surface area contributed by atoms with Crippen molar-refractivity contribution < 1.29 is 27.4 Å². The normalized spacial score (nSPS) is 10.6. The van der Waals surface area contributed by atoms with Crippen LogP contribution in [0.4, 0.5) is 13.2 Å². The fourth-order valence-corrected chi connectivity index (χ4v) is 1.08. The first kappa shape index (κ1) is 12.9. The standard InChI is InChI=1S/C9H7F3N2O3/c1-15-6-3-7(17-9(10,11)12)14-5(4-13)8(6)16-2/h3H,1-2H3. The maximum atomic E-state index is 12.0. The van der Waals surface area contributed by atoms with E-state index >= 15 is 0 Å². The molecule has 0 fully saturated rings. The molecule has 5 nitrogen and oxygen atoms in total. The van der Waals surface area contributed by atoms with Crippen LogP contribution in [0, 0.1) is 11.3 Å². The van der Waals surface area contributed by atoms with Crippen molar-refractivity contribution in [2.24, 2.45) is 0 Å². The molecule has 0 radical (unpaired) electrons. The highest BCUT2D eigenvalue weighted by atomic mass is 19.4. The highest BCUT2D eigenvalue weighted by molar-refractivity contribution is 5.51. The Morgan fingerprint density at radius 3 is 2.35 bits per heavy atom. The quantitative estimate of drug-likeness (QED) is 0.816. The molecule has 0 unspecified atom stereocenters. The maximum absolute atomic E-state index is 12.0. The molecular weight excluding hydrogens is 241 g/mol. The first-order valence-corrected chi connectivity index (χ1v) is 4.20. The fourth-order valence-electron chi connectivity index (χ4n) is 1.08. The van der Waals surface area contributed by atoms with Crippen molar-refractivity contribution in [3.05, 3.63) is 11.8 Å². The van der Waals surface area contributed by atoms with Crippen LogP contribution in [0.5, 0.6) is 17.4 Å². The number of methoxy groups -OCH3 is 2. The summed E-state index contributed by atoms with van der Waals surface area (Å²) in [6.45, 7) is 0. The highest BCUT2D eigenvalue weighted by Crippen LogP contribution is 2.34. The summed E-state index contributed by atoms with van der Waals surface area (Å²) in [6, 6.07) is 2.47. The van der Waals surface area contributed by atoms with Crippen LogP contribution in [0.25, 0.3) is 0 Å². The van der Waals surface area contributed by atoms with E-state index in [9.17, 15) is 13.2 Å². The molecule has 1 aromatic rings. The Kier molecular flexibility index (Phi) is 3.62. The molecule has 0 bridgehead atoms. The second-order valence-electron chi connectivity index (χ2n) is 2.70. The predicted octanol–water partition coefficient (Wildman–Crippen LogP) is 1.87. The van der Waals surface area contributed by atoms with Gasteiger partial charge in [0.15, 0.2) is 17.2 Å². The molecular formula is C9H7F3N2O3. The Morgan fingerprint density at radius 1 is 1.29 bits per heavy atom. The molecule has 92 valence electrons. The summed E-state index contributed by atoms with van der Waals surface area (Å²) < 4.78 is 49.1. The molecule has 0 aliphatic heterocycles. The molecule has 0 N–H and O–H groups in total. The van der Waals surface area contributed by atoms with Crippen molar-refractivity contribution in [2.75, 3.05) is 14.2 Å². The minimum atomic E-state index is -4.89. The Labute approximate surface area is 94.3 Å². The van der Waals surface area contributed by atoms with Crippen molar-refractivity contribution in [1.29, 1.82) is 5.26 Å². The van der Waals surface area contributed by atoms with Gasteiger partial charge >= 0.3 is 6.36 Å². The van der Waals surface area contributed by atoms with E-state index in [1.807, 2.05) is 0 Å². The van der Waals surface area contributed by atoms with E-state index in [1.54, 1.807) is 6.07 Å². The van der Waals surface area contributed by atoms with Gasteiger partial charge in [-0.15, -0.1) is 13.2 Å². The topological polar surface area (TPSA) is 64.4 Å². The van der Waals surface area contributed by atoms with Gasteiger partial charge in [0.2, 0.25) is 5.88 Å². The monoisotopic (exact) mass is 248 g/mol.